The van der Waals surface area contributed by atoms with E-state index in [9.17, 15) is 0 Å². The van der Waals surface area contributed by atoms with Crippen LogP contribution in [0.15, 0.2) is 41.5 Å². The fourth-order valence-electron chi connectivity index (χ4n) is 4.09. The van der Waals surface area contributed by atoms with Crippen molar-refractivity contribution in [3.8, 4) is 0 Å². The Bertz CT molecular complexity index is 523. The molecular weight excluding hydrogens is 294 g/mol. The van der Waals surface area contributed by atoms with E-state index < -0.39 is 0 Å². The molecule has 2 aliphatic rings. The highest BCUT2D eigenvalue weighted by Crippen LogP contribution is 2.27. The van der Waals surface area contributed by atoms with Crippen molar-refractivity contribution in [2.45, 2.75) is 38.5 Å². The van der Waals surface area contributed by atoms with Gasteiger partial charge < -0.3 is 4.90 Å². The molecule has 1 aromatic rings. The third-order valence-electron chi connectivity index (χ3n) is 5.57. The number of hydrogen-bond donors (Lipinski definition) is 0. The number of benzene rings is 1. The average Bonchev–Trinajstić information content (AvgIpc) is 2.66. The Morgan fingerprint density at radius 2 is 1.75 bits per heavy atom. The van der Waals surface area contributed by atoms with Crippen molar-refractivity contribution in [3.63, 3.8) is 0 Å². The first-order chi connectivity index (χ1) is 11.9. The van der Waals surface area contributed by atoms with Crippen molar-refractivity contribution in [2.24, 2.45) is 10.9 Å². The topological polar surface area (TPSA) is 18.8 Å². The molecule has 0 N–H and O–H groups in total. The van der Waals surface area contributed by atoms with Crippen molar-refractivity contribution in [1.29, 1.82) is 0 Å². The molecule has 1 saturated carbocycles. The van der Waals surface area contributed by atoms with E-state index in [4.69, 9.17) is 0 Å². The van der Waals surface area contributed by atoms with E-state index in [0.29, 0.717) is 0 Å². The second-order valence-corrected chi connectivity index (χ2v) is 7.18. The van der Waals surface area contributed by atoms with Crippen LogP contribution in [-0.2, 0) is 0 Å². The summed E-state index contributed by atoms with van der Waals surface area (Å²) in [6.45, 7) is 9.42. The van der Waals surface area contributed by atoms with E-state index in [2.05, 4.69) is 51.8 Å². The van der Waals surface area contributed by atoms with Crippen molar-refractivity contribution >= 4 is 12.4 Å². The quantitative estimate of drug-likeness (QED) is 0.727. The molecule has 2 fully saturated rings. The smallest absolute Gasteiger partial charge is 0.0626 e. The lowest BCUT2D eigenvalue weighted by molar-refractivity contribution is 0.160. The summed E-state index contributed by atoms with van der Waals surface area (Å²) in [5.74, 6) is 0.988. The summed E-state index contributed by atoms with van der Waals surface area (Å²) < 4.78 is 0. The second-order valence-electron chi connectivity index (χ2n) is 7.18. The SMILES string of the molecule is C=N/C=C(/c1ccccc1)N1CCN(CCC2CCCCC2)CC1. The van der Waals surface area contributed by atoms with Crippen LogP contribution in [0.3, 0.4) is 0 Å². The van der Waals surface area contributed by atoms with E-state index in [1.165, 1.54) is 56.3 Å². The van der Waals surface area contributed by atoms with Gasteiger partial charge in [-0.25, -0.2) is 0 Å². The van der Waals surface area contributed by atoms with Gasteiger partial charge in [0, 0.05) is 26.2 Å². The predicted molar refractivity (Wildman–Crippen MR) is 103 cm³/mol. The monoisotopic (exact) mass is 325 g/mol. The lowest BCUT2D eigenvalue weighted by Gasteiger charge is -2.38. The number of rotatable bonds is 6. The summed E-state index contributed by atoms with van der Waals surface area (Å²) in [6, 6.07) is 10.6. The van der Waals surface area contributed by atoms with E-state index in [0.717, 1.165) is 32.1 Å². The van der Waals surface area contributed by atoms with Crippen LogP contribution in [0.5, 0.6) is 0 Å². The normalized spacial score (nSPS) is 21.0. The van der Waals surface area contributed by atoms with E-state index in [1.54, 1.807) is 0 Å². The Hall–Kier alpha value is -1.61. The number of nitrogens with zero attached hydrogens (tertiary/aromatic N) is 3. The fraction of sp³-hybridized carbons (Fsp3) is 0.571. The highest BCUT2D eigenvalue weighted by Gasteiger charge is 2.21. The molecule has 3 rings (SSSR count). The zero-order valence-electron chi connectivity index (χ0n) is 14.9. The largest absolute Gasteiger partial charge is 0.367 e. The Morgan fingerprint density at radius 1 is 1.04 bits per heavy atom. The first-order valence-electron chi connectivity index (χ1n) is 9.55. The van der Waals surface area contributed by atoms with Gasteiger partial charge >= 0.3 is 0 Å². The Morgan fingerprint density at radius 3 is 2.42 bits per heavy atom. The Labute approximate surface area is 147 Å². The third-order valence-corrected chi connectivity index (χ3v) is 5.57. The van der Waals surface area contributed by atoms with E-state index >= 15 is 0 Å². The Kier molecular flexibility index (Phi) is 6.48. The lowest BCUT2D eigenvalue weighted by Crippen LogP contribution is -2.45. The third kappa shape index (κ3) is 4.70. The molecule has 3 heteroatoms. The minimum Gasteiger partial charge on any atom is -0.367 e. The molecule has 3 nitrogen and oxygen atoms in total. The maximum absolute atomic E-state index is 4.04. The van der Waals surface area contributed by atoms with Crippen molar-refractivity contribution in [1.82, 2.24) is 9.80 Å². The summed E-state index contributed by atoms with van der Waals surface area (Å²) in [5.41, 5.74) is 2.44. The molecule has 0 spiro atoms. The molecule has 1 heterocycles. The second kappa shape index (κ2) is 9.03. The molecule has 1 aliphatic heterocycles. The number of piperazine rings is 1. The molecule has 24 heavy (non-hydrogen) atoms. The van der Waals surface area contributed by atoms with Gasteiger partial charge in [-0.15, -0.1) is 0 Å². The fourth-order valence-corrected chi connectivity index (χ4v) is 4.09. The summed E-state index contributed by atoms with van der Waals surface area (Å²) >= 11 is 0. The maximum Gasteiger partial charge on any atom is 0.0626 e. The van der Waals surface area contributed by atoms with Gasteiger partial charge in [0.15, 0.2) is 0 Å². The molecule has 0 radical (unpaired) electrons. The number of hydrogen-bond acceptors (Lipinski definition) is 3. The zero-order chi connectivity index (χ0) is 16.6. The van der Waals surface area contributed by atoms with Crippen LogP contribution < -0.4 is 0 Å². The van der Waals surface area contributed by atoms with Gasteiger partial charge in [-0.3, -0.25) is 9.89 Å². The van der Waals surface area contributed by atoms with Crippen LogP contribution >= 0.6 is 0 Å². The molecule has 0 bridgehead atoms. The molecule has 1 aromatic carbocycles. The lowest BCUT2D eigenvalue weighted by atomic mass is 9.87. The molecule has 0 aromatic heterocycles. The van der Waals surface area contributed by atoms with Crippen LogP contribution in [0, 0.1) is 5.92 Å². The molecule has 130 valence electrons. The van der Waals surface area contributed by atoms with E-state index in [1.807, 2.05) is 6.20 Å². The minimum atomic E-state index is 0.988. The van der Waals surface area contributed by atoms with Gasteiger partial charge in [-0.2, -0.15) is 0 Å². The molecule has 0 atom stereocenters. The van der Waals surface area contributed by atoms with Crippen LogP contribution in [0.2, 0.25) is 0 Å². The average molecular weight is 326 g/mol. The molecule has 1 saturated heterocycles. The molecule has 1 aliphatic carbocycles. The van der Waals surface area contributed by atoms with Gasteiger partial charge in [-0.05, 0) is 31.2 Å². The summed E-state index contributed by atoms with van der Waals surface area (Å²) in [7, 11) is 0. The first-order valence-corrected chi connectivity index (χ1v) is 9.55. The van der Waals surface area contributed by atoms with Crippen LogP contribution in [0.1, 0.15) is 44.1 Å². The molecule has 0 unspecified atom stereocenters. The summed E-state index contributed by atoms with van der Waals surface area (Å²) in [4.78, 5) is 9.14. The standard InChI is InChI=1S/C21H31N3/c1-22-18-21(20-10-6-3-7-11-20)24-16-14-23(15-17-24)13-12-19-8-4-2-5-9-19/h3,6-7,10-11,18-19H,1-2,4-5,8-9,12-17H2/b21-18-. The predicted octanol–water partition coefficient (Wildman–Crippen LogP) is 4.27. The van der Waals surface area contributed by atoms with E-state index in [-0.39, 0.29) is 0 Å². The van der Waals surface area contributed by atoms with Crippen molar-refractivity contribution in [2.75, 3.05) is 32.7 Å². The number of aliphatic imine (C=N–C) groups is 1. The molecule has 0 amide bonds. The minimum absolute atomic E-state index is 0.988. The zero-order valence-corrected chi connectivity index (χ0v) is 14.9. The van der Waals surface area contributed by atoms with Gasteiger partial charge in [0.2, 0.25) is 0 Å². The Balaban J connectivity index is 1.50. The van der Waals surface area contributed by atoms with Crippen LogP contribution in [0.25, 0.3) is 5.70 Å². The van der Waals surface area contributed by atoms with Crippen molar-refractivity contribution < 1.29 is 0 Å². The highest BCUT2D eigenvalue weighted by molar-refractivity contribution is 5.64. The highest BCUT2D eigenvalue weighted by atomic mass is 15.3. The van der Waals surface area contributed by atoms with Gasteiger partial charge in [-0.1, -0.05) is 62.4 Å². The summed E-state index contributed by atoms with van der Waals surface area (Å²) in [6.07, 6.45) is 10.6. The molecular formula is C21H31N3. The maximum atomic E-state index is 4.04. The van der Waals surface area contributed by atoms with Gasteiger partial charge in [0.25, 0.3) is 0 Å². The van der Waals surface area contributed by atoms with Crippen LogP contribution in [0.4, 0.5) is 0 Å². The van der Waals surface area contributed by atoms with Gasteiger partial charge in [0.05, 0.1) is 11.9 Å². The summed E-state index contributed by atoms with van der Waals surface area (Å²) in [5, 5.41) is 0. The van der Waals surface area contributed by atoms with Crippen molar-refractivity contribution in [3.05, 3.63) is 42.1 Å². The van der Waals surface area contributed by atoms with Crippen LogP contribution in [-0.4, -0.2) is 49.2 Å². The van der Waals surface area contributed by atoms with Gasteiger partial charge in [0.1, 0.15) is 0 Å². The first kappa shape index (κ1) is 17.2.